The number of amides is 1. The average Bonchev–Trinajstić information content (AvgIpc) is 3.26. The highest BCUT2D eigenvalue weighted by Crippen LogP contribution is 2.30. The van der Waals surface area contributed by atoms with E-state index >= 15 is 0 Å². The quantitative estimate of drug-likeness (QED) is 0.350. The van der Waals surface area contributed by atoms with Crippen molar-refractivity contribution in [2.24, 2.45) is 0 Å². The molecule has 0 unspecified atom stereocenters. The second-order valence-corrected chi connectivity index (χ2v) is 10.1. The van der Waals surface area contributed by atoms with Crippen LogP contribution in [0.25, 0.3) is 22.3 Å². The van der Waals surface area contributed by atoms with E-state index in [-0.39, 0.29) is 29.1 Å². The standard InChI is InChI=1S/C27H30F2N8O.C2H6/c1-15(2)37-16(3)31-26-19(28)10-18(11-22(26)37)25-20(29)12-30-27(34-25)33-23-7-6-17-13-36(9-8-21(17)32-23)24(38)14-35(4)5;1-2/h6-7,10-12,15H,8-9,13-14H2,1-5H3,(H,30,32,33,34);1-2H3. The Morgan fingerprint density at radius 2 is 1.85 bits per heavy atom. The van der Waals surface area contributed by atoms with Crippen LogP contribution in [-0.4, -0.2) is 67.4 Å². The predicted molar refractivity (Wildman–Crippen MR) is 152 cm³/mol. The van der Waals surface area contributed by atoms with Crippen molar-refractivity contribution in [1.82, 2.24) is 34.3 Å². The Bertz CT molecular complexity index is 1530. The predicted octanol–water partition coefficient (Wildman–Crippen LogP) is 5.27. The van der Waals surface area contributed by atoms with Crippen molar-refractivity contribution in [3.8, 4) is 11.3 Å². The third-order valence-electron chi connectivity index (χ3n) is 6.55. The molecule has 0 saturated carbocycles. The summed E-state index contributed by atoms with van der Waals surface area (Å²) in [4.78, 5) is 33.5. The highest BCUT2D eigenvalue weighted by molar-refractivity contribution is 5.83. The maximum Gasteiger partial charge on any atom is 0.237 e. The SMILES string of the molecule is CC.Cc1nc2c(F)cc(-c3nc(Nc4ccc5c(n4)CCN(C(=O)CN(C)C)C5)ncc3F)cc2n1C(C)C. The molecule has 9 nitrogen and oxygen atoms in total. The molecule has 0 atom stereocenters. The van der Waals surface area contributed by atoms with Gasteiger partial charge in [-0.3, -0.25) is 4.79 Å². The van der Waals surface area contributed by atoms with Gasteiger partial charge in [0, 0.05) is 36.8 Å². The molecule has 4 aromatic rings. The summed E-state index contributed by atoms with van der Waals surface area (Å²) in [6.45, 7) is 11.2. The van der Waals surface area contributed by atoms with Gasteiger partial charge >= 0.3 is 0 Å². The number of imidazole rings is 1. The van der Waals surface area contributed by atoms with E-state index in [0.717, 1.165) is 17.5 Å². The molecule has 3 aromatic heterocycles. The molecule has 1 aliphatic heterocycles. The normalized spacial score (nSPS) is 12.9. The summed E-state index contributed by atoms with van der Waals surface area (Å²) in [5.41, 5.74) is 2.96. The number of benzene rings is 1. The summed E-state index contributed by atoms with van der Waals surface area (Å²) in [6, 6.07) is 6.70. The van der Waals surface area contributed by atoms with Gasteiger partial charge in [0.25, 0.3) is 0 Å². The molecule has 0 spiro atoms. The Kier molecular flexibility index (Phi) is 8.73. The van der Waals surface area contributed by atoms with E-state index in [1.807, 2.05) is 69.1 Å². The van der Waals surface area contributed by atoms with Gasteiger partial charge in [-0.2, -0.15) is 0 Å². The van der Waals surface area contributed by atoms with Crippen LogP contribution in [0.1, 0.15) is 50.8 Å². The zero-order valence-electron chi connectivity index (χ0n) is 24.1. The van der Waals surface area contributed by atoms with Gasteiger partial charge < -0.3 is 19.7 Å². The number of nitrogens with one attached hydrogen (secondary N) is 1. The smallest absolute Gasteiger partial charge is 0.237 e. The Balaban J connectivity index is 0.00000181. The van der Waals surface area contributed by atoms with Gasteiger partial charge in [-0.05, 0) is 58.6 Å². The van der Waals surface area contributed by atoms with Crippen LogP contribution in [0.5, 0.6) is 0 Å². The van der Waals surface area contributed by atoms with E-state index in [0.29, 0.717) is 48.8 Å². The van der Waals surface area contributed by atoms with Gasteiger partial charge in [-0.1, -0.05) is 19.9 Å². The van der Waals surface area contributed by atoms with Gasteiger partial charge in [0.2, 0.25) is 11.9 Å². The number of pyridine rings is 1. The van der Waals surface area contributed by atoms with E-state index in [1.54, 1.807) is 12.1 Å². The van der Waals surface area contributed by atoms with Gasteiger partial charge in [-0.25, -0.2) is 28.7 Å². The number of aromatic nitrogens is 5. The van der Waals surface area contributed by atoms with E-state index in [2.05, 4.69) is 25.3 Å². The number of rotatable bonds is 6. The fourth-order valence-corrected chi connectivity index (χ4v) is 4.87. The molecule has 0 aliphatic carbocycles. The molecule has 0 fully saturated rings. The number of hydrogen-bond acceptors (Lipinski definition) is 7. The molecule has 40 heavy (non-hydrogen) atoms. The van der Waals surface area contributed by atoms with Crippen molar-refractivity contribution in [3.63, 3.8) is 0 Å². The lowest BCUT2D eigenvalue weighted by Gasteiger charge is -2.29. The van der Waals surface area contributed by atoms with E-state index in [4.69, 9.17) is 0 Å². The lowest BCUT2D eigenvalue weighted by molar-refractivity contribution is -0.132. The molecule has 1 aliphatic rings. The van der Waals surface area contributed by atoms with Crippen LogP contribution in [0.3, 0.4) is 0 Å². The Morgan fingerprint density at radius 1 is 1.10 bits per heavy atom. The highest BCUT2D eigenvalue weighted by Gasteiger charge is 2.23. The fourth-order valence-electron chi connectivity index (χ4n) is 4.87. The summed E-state index contributed by atoms with van der Waals surface area (Å²) in [5, 5.41) is 3.04. The minimum atomic E-state index is -0.664. The zero-order chi connectivity index (χ0) is 29.1. The number of anilines is 2. The molecule has 212 valence electrons. The Labute approximate surface area is 233 Å². The molecule has 0 radical (unpaired) electrons. The van der Waals surface area contributed by atoms with E-state index < -0.39 is 11.6 Å². The Hall–Kier alpha value is -3.99. The molecule has 4 heterocycles. The maximum absolute atomic E-state index is 15.0. The van der Waals surface area contributed by atoms with Crippen molar-refractivity contribution < 1.29 is 13.6 Å². The highest BCUT2D eigenvalue weighted by atomic mass is 19.1. The fraction of sp³-hybridized carbons (Fsp3) is 0.414. The van der Waals surface area contributed by atoms with Crippen LogP contribution >= 0.6 is 0 Å². The number of aryl methyl sites for hydroxylation is 1. The first kappa shape index (κ1) is 29.0. The van der Waals surface area contributed by atoms with Crippen LogP contribution in [0, 0.1) is 18.6 Å². The van der Waals surface area contributed by atoms with Gasteiger partial charge in [-0.15, -0.1) is 0 Å². The molecule has 0 bridgehead atoms. The minimum absolute atomic E-state index is 0.0227. The number of hydrogen-bond donors (Lipinski definition) is 1. The molecular formula is C29H36F2N8O. The summed E-state index contributed by atoms with van der Waals surface area (Å²) >= 11 is 0. The van der Waals surface area contributed by atoms with Crippen LogP contribution in [0.15, 0.2) is 30.5 Å². The molecule has 1 N–H and O–H groups in total. The number of nitrogens with zero attached hydrogens (tertiary/aromatic N) is 7. The van der Waals surface area contributed by atoms with Crippen molar-refractivity contribution in [3.05, 3.63) is 59.2 Å². The third kappa shape index (κ3) is 5.94. The van der Waals surface area contributed by atoms with Crippen molar-refractivity contribution >= 4 is 28.7 Å². The molecular weight excluding hydrogens is 514 g/mol. The lowest BCUT2D eigenvalue weighted by Crippen LogP contribution is -2.41. The van der Waals surface area contributed by atoms with Crippen LogP contribution in [-0.2, 0) is 17.8 Å². The van der Waals surface area contributed by atoms with Gasteiger partial charge in [0.05, 0.1) is 18.3 Å². The number of carbonyl (C=O) groups excluding carboxylic acids is 1. The summed E-state index contributed by atoms with van der Waals surface area (Å²) in [5.74, 6) is 0.201. The molecule has 1 aromatic carbocycles. The van der Waals surface area contributed by atoms with E-state index in [1.165, 1.54) is 6.07 Å². The van der Waals surface area contributed by atoms with Gasteiger partial charge in [0.15, 0.2) is 11.6 Å². The average molecular weight is 551 g/mol. The lowest BCUT2D eigenvalue weighted by atomic mass is 10.1. The minimum Gasteiger partial charge on any atom is -0.337 e. The first-order valence-corrected chi connectivity index (χ1v) is 13.5. The largest absolute Gasteiger partial charge is 0.337 e. The second-order valence-electron chi connectivity index (χ2n) is 10.1. The van der Waals surface area contributed by atoms with Crippen LogP contribution in [0.4, 0.5) is 20.5 Å². The monoisotopic (exact) mass is 550 g/mol. The summed E-state index contributed by atoms with van der Waals surface area (Å²) in [7, 11) is 3.74. The van der Waals surface area contributed by atoms with Crippen LogP contribution in [0.2, 0.25) is 0 Å². The topological polar surface area (TPSA) is 92.1 Å². The molecule has 1 amide bonds. The number of fused-ring (bicyclic) bond motifs is 2. The number of likely N-dealkylation sites (N-methyl/N-ethyl adjacent to an activating group) is 1. The first-order chi connectivity index (χ1) is 19.1. The van der Waals surface area contributed by atoms with Gasteiger partial charge in [0.1, 0.15) is 22.9 Å². The molecule has 0 saturated heterocycles. The zero-order valence-corrected chi connectivity index (χ0v) is 24.1. The molecule has 5 rings (SSSR count). The maximum atomic E-state index is 15.0. The third-order valence-corrected chi connectivity index (χ3v) is 6.55. The van der Waals surface area contributed by atoms with E-state index in [9.17, 15) is 13.6 Å². The molecule has 11 heteroatoms. The summed E-state index contributed by atoms with van der Waals surface area (Å²) < 4.78 is 31.7. The van der Waals surface area contributed by atoms with Crippen molar-refractivity contribution in [2.75, 3.05) is 32.5 Å². The van der Waals surface area contributed by atoms with Crippen molar-refractivity contribution in [2.45, 2.75) is 53.6 Å². The summed E-state index contributed by atoms with van der Waals surface area (Å²) in [6.07, 6.45) is 1.69. The first-order valence-electron chi connectivity index (χ1n) is 13.5. The Morgan fingerprint density at radius 3 is 2.55 bits per heavy atom. The number of carbonyl (C=O) groups is 1. The van der Waals surface area contributed by atoms with Crippen molar-refractivity contribution in [1.29, 1.82) is 0 Å². The van der Waals surface area contributed by atoms with Crippen LogP contribution < -0.4 is 5.32 Å². The second kappa shape index (κ2) is 12.0. The number of halogens is 2.